The standard InChI is InChI=1S/C14H11ClF2O2/c15-9-4-6-10(7-5-9)19-8-13(18)14-11(16)2-1-3-12(14)17/h1-7,13,18H,8H2. The molecule has 0 fully saturated rings. The van der Waals surface area contributed by atoms with Gasteiger partial charge in [0.1, 0.15) is 30.1 Å². The summed E-state index contributed by atoms with van der Waals surface area (Å²) < 4.78 is 32.1. The van der Waals surface area contributed by atoms with Gasteiger partial charge in [-0.2, -0.15) is 0 Å². The van der Waals surface area contributed by atoms with E-state index in [4.69, 9.17) is 16.3 Å². The fraction of sp³-hybridized carbons (Fsp3) is 0.143. The second-order valence-electron chi connectivity index (χ2n) is 3.92. The fourth-order valence-corrected chi connectivity index (χ4v) is 1.74. The molecule has 0 aliphatic carbocycles. The molecule has 0 bridgehead atoms. The summed E-state index contributed by atoms with van der Waals surface area (Å²) in [6.07, 6.45) is -1.38. The summed E-state index contributed by atoms with van der Waals surface area (Å²) in [5.74, 6) is -1.14. The highest BCUT2D eigenvalue weighted by atomic mass is 35.5. The lowest BCUT2D eigenvalue weighted by atomic mass is 10.1. The number of hydrogen-bond donors (Lipinski definition) is 1. The Kier molecular flexibility index (Phi) is 4.35. The van der Waals surface area contributed by atoms with E-state index in [0.29, 0.717) is 10.8 Å². The Morgan fingerprint density at radius 2 is 1.63 bits per heavy atom. The molecular weight excluding hydrogens is 274 g/mol. The maximum Gasteiger partial charge on any atom is 0.132 e. The Hall–Kier alpha value is -1.65. The fourth-order valence-electron chi connectivity index (χ4n) is 1.62. The zero-order valence-electron chi connectivity index (χ0n) is 9.82. The molecule has 0 aromatic heterocycles. The SMILES string of the molecule is OC(COc1ccc(Cl)cc1)c1c(F)cccc1F. The van der Waals surface area contributed by atoms with Gasteiger partial charge in [-0.3, -0.25) is 0 Å². The summed E-state index contributed by atoms with van der Waals surface area (Å²) >= 11 is 5.71. The molecule has 0 aliphatic heterocycles. The van der Waals surface area contributed by atoms with Gasteiger partial charge in [0, 0.05) is 5.02 Å². The summed E-state index contributed by atoms with van der Waals surface area (Å²) in [7, 11) is 0. The number of halogens is 3. The van der Waals surface area contributed by atoms with E-state index in [1.807, 2.05) is 0 Å². The van der Waals surface area contributed by atoms with E-state index in [9.17, 15) is 13.9 Å². The van der Waals surface area contributed by atoms with Gasteiger partial charge in [-0.25, -0.2) is 8.78 Å². The van der Waals surface area contributed by atoms with Crippen molar-refractivity contribution in [3.05, 3.63) is 64.7 Å². The van der Waals surface area contributed by atoms with Crippen molar-refractivity contribution < 1.29 is 18.6 Å². The van der Waals surface area contributed by atoms with Gasteiger partial charge in [0.05, 0.1) is 5.56 Å². The maximum absolute atomic E-state index is 13.4. The highest BCUT2D eigenvalue weighted by molar-refractivity contribution is 6.30. The van der Waals surface area contributed by atoms with Crippen LogP contribution in [0, 0.1) is 11.6 Å². The quantitative estimate of drug-likeness (QED) is 0.927. The van der Waals surface area contributed by atoms with Crippen molar-refractivity contribution in [3.63, 3.8) is 0 Å². The van der Waals surface area contributed by atoms with Gasteiger partial charge in [-0.05, 0) is 36.4 Å². The van der Waals surface area contributed by atoms with E-state index in [0.717, 1.165) is 12.1 Å². The molecule has 1 N–H and O–H groups in total. The lowest BCUT2D eigenvalue weighted by molar-refractivity contribution is 0.101. The Balaban J connectivity index is 2.05. The van der Waals surface area contributed by atoms with Crippen LogP contribution in [0.4, 0.5) is 8.78 Å². The molecule has 5 heteroatoms. The van der Waals surface area contributed by atoms with Crippen molar-refractivity contribution in [3.8, 4) is 5.75 Å². The van der Waals surface area contributed by atoms with Crippen LogP contribution in [0.2, 0.25) is 5.02 Å². The van der Waals surface area contributed by atoms with E-state index in [1.165, 1.54) is 6.07 Å². The number of rotatable bonds is 4. The molecule has 0 aliphatic rings. The zero-order valence-corrected chi connectivity index (χ0v) is 10.6. The van der Waals surface area contributed by atoms with Crippen LogP contribution < -0.4 is 4.74 Å². The average Bonchev–Trinajstić information content (AvgIpc) is 2.38. The topological polar surface area (TPSA) is 29.5 Å². The Morgan fingerprint density at radius 3 is 2.21 bits per heavy atom. The first kappa shape index (κ1) is 13.8. The van der Waals surface area contributed by atoms with Crippen molar-refractivity contribution in [2.45, 2.75) is 6.10 Å². The van der Waals surface area contributed by atoms with Crippen molar-refractivity contribution in [2.75, 3.05) is 6.61 Å². The molecular formula is C14H11ClF2O2. The van der Waals surface area contributed by atoms with E-state index in [-0.39, 0.29) is 6.61 Å². The van der Waals surface area contributed by atoms with Crippen molar-refractivity contribution >= 4 is 11.6 Å². The second kappa shape index (κ2) is 5.99. The van der Waals surface area contributed by atoms with Crippen LogP contribution in [0.1, 0.15) is 11.7 Å². The molecule has 0 saturated carbocycles. The van der Waals surface area contributed by atoms with Gasteiger partial charge >= 0.3 is 0 Å². The van der Waals surface area contributed by atoms with Crippen molar-refractivity contribution in [1.82, 2.24) is 0 Å². The van der Waals surface area contributed by atoms with Crippen LogP contribution in [-0.4, -0.2) is 11.7 Å². The second-order valence-corrected chi connectivity index (χ2v) is 4.35. The van der Waals surface area contributed by atoms with Crippen LogP contribution >= 0.6 is 11.6 Å². The molecule has 2 rings (SSSR count). The highest BCUT2D eigenvalue weighted by Crippen LogP contribution is 2.22. The van der Waals surface area contributed by atoms with E-state index in [2.05, 4.69) is 0 Å². The zero-order chi connectivity index (χ0) is 13.8. The first-order valence-corrected chi connectivity index (χ1v) is 5.96. The largest absolute Gasteiger partial charge is 0.491 e. The average molecular weight is 285 g/mol. The van der Waals surface area contributed by atoms with Crippen molar-refractivity contribution in [1.29, 1.82) is 0 Å². The molecule has 0 saturated heterocycles. The smallest absolute Gasteiger partial charge is 0.132 e. The molecule has 100 valence electrons. The van der Waals surface area contributed by atoms with E-state index in [1.54, 1.807) is 24.3 Å². The molecule has 1 unspecified atom stereocenters. The van der Waals surface area contributed by atoms with Crippen LogP contribution in [0.15, 0.2) is 42.5 Å². The Morgan fingerprint density at radius 1 is 1.05 bits per heavy atom. The van der Waals surface area contributed by atoms with Gasteiger partial charge in [0.15, 0.2) is 0 Å². The number of ether oxygens (including phenoxy) is 1. The van der Waals surface area contributed by atoms with Gasteiger partial charge in [-0.1, -0.05) is 17.7 Å². The number of aliphatic hydroxyl groups is 1. The molecule has 0 spiro atoms. The summed E-state index contributed by atoms with van der Waals surface area (Å²) in [5.41, 5.74) is -0.392. The summed E-state index contributed by atoms with van der Waals surface area (Å²) in [5, 5.41) is 10.3. The van der Waals surface area contributed by atoms with Gasteiger partial charge in [-0.15, -0.1) is 0 Å². The predicted octanol–water partition coefficient (Wildman–Crippen LogP) is 3.73. The number of aliphatic hydroxyl groups excluding tert-OH is 1. The third-order valence-corrected chi connectivity index (χ3v) is 2.81. The molecule has 1 atom stereocenters. The van der Waals surface area contributed by atoms with Crippen LogP contribution in [0.5, 0.6) is 5.75 Å². The molecule has 2 aromatic rings. The first-order chi connectivity index (χ1) is 9.08. The predicted molar refractivity (Wildman–Crippen MR) is 68.3 cm³/mol. The summed E-state index contributed by atoms with van der Waals surface area (Å²) in [6.45, 7) is -0.251. The van der Waals surface area contributed by atoms with Gasteiger partial charge < -0.3 is 9.84 Å². The molecule has 0 radical (unpaired) electrons. The highest BCUT2D eigenvalue weighted by Gasteiger charge is 2.18. The Bertz CT molecular complexity index is 538. The van der Waals surface area contributed by atoms with E-state index >= 15 is 0 Å². The summed E-state index contributed by atoms with van der Waals surface area (Å²) in [4.78, 5) is 0. The van der Waals surface area contributed by atoms with Crippen LogP contribution in [0.3, 0.4) is 0 Å². The minimum absolute atomic E-state index is 0.251. The first-order valence-electron chi connectivity index (χ1n) is 5.58. The normalized spacial score (nSPS) is 12.2. The minimum atomic E-state index is -1.38. The van der Waals surface area contributed by atoms with Crippen LogP contribution in [-0.2, 0) is 0 Å². The molecule has 0 heterocycles. The third-order valence-electron chi connectivity index (χ3n) is 2.55. The lowest BCUT2D eigenvalue weighted by Gasteiger charge is -2.14. The summed E-state index contributed by atoms with van der Waals surface area (Å²) in [6, 6.07) is 9.86. The molecule has 2 nitrogen and oxygen atoms in total. The molecule has 0 amide bonds. The molecule has 19 heavy (non-hydrogen) atoms. The number of benzene rings is 2. The minimum Gasteiger partial charge on any atom is -0.491 e. The number of hydrogen-bond acceptors (Lipinski definition) is 2. The van der Waals surface area contributed by atoms with E-state index < -0.39 is 23.3 Å². The Labute approximate surface area is 114 Å². The molecule has 2 aromatic carbocycles. The lowest BCUT2D eigenvalue weighted by Crippen LogP contribution is -2.13. The van der Waals surface area contributed by atoms with Crippen LogP contribution in [0.25, 0.3) is 0 Å². The maximum atomic E-state index is 13.4. The van der Waals surface area contributed by atoms with Gasteiger partial charge in [0.25, 0.3) is 0 Å². The monoisotopic (exact) mass is 284 g/mol. The van der Waals surface area contributed by atoms with Crippen molar-refractivity contribution in [2.24, 2.45) is 0 Å². The third kappa shape index (κ3) is 3.43. The van der Waals surface area contributed by atoms with Gasteiger partial charge in [0.2, 0.25) is 0 Å².